The molecule has 1 aliphatic rings. The molecule has 20 heavy (non-hydrogen) atoms. The normalized spacial score (nSPS) is 17.1. The molecule has 0 aliphatic heterocycles. The summed E-state index contributed by atoms with van der Waals surface area (Å²) in [4.78, 5) is 14.7. The summed E-state index contributed by atoms with van der Waals surface area (Å²) in [6.07, 6.45) is 4.04. The fraction of sp³-hybridized carbons (Fsp3) is 0.562. The van der Waals surface area contributed by atoms with E-state index in [2.05, 4.69) is 0 Å². The Balaban J connectivity index is 2.16. The zero-order valence-corrected chi connectivity index (χ0v) is 12.8. The molecular formula is C16H23ClN2O. The topological polar surface area (TPSA) is 46.3 Å². The molecule has 0 atom stereocenters. The first-order chi connectivity index (χ1) is 9.63. The third-order valence-electron chi connectivity index (χ3n) is 4.39. The van der Waals surface area contributed by atoms with E-state index in [0.717, 1.165) is 31.2 Å². The SMILES string of the molecule is CCN(Cc1ccccc1Cl)C(=O)C1(CN)CCCC1. The van der Waals surface area contributed by atoms with Crippen molar-refractivity contribution >= 4 is 17.5 Å². The van der Waals surface area contributed by atoms with Gasteiger partial charge in [0.2, 0.25) is 5.91 Å². The van der Waals surface area contributed by atoms with Gasteiger partial charge in [-0.3, -0.25) is 4.79 Å². The molecule has 1 aliphatic carbocycles. The monoisotopic (exact) mass is 294 g/mol. The number of carbonyl (C=O) groups excluding carboxylic acids is 1. The Morgan fingerprint density at radius 2 is 2.00 bits per heavy atom. The Morgan fingerprint density at radius 3 is 2.55 bits per heavy atom. The van der Waals surface area contributed by atoms with Gasteiger partial charge in [0.1, 0.15) is 0 Å². The molecule has 1 fully saturated rings. The minimum atomic E-state index is -0.336. The van der Waals surface area contributed by atoms with Crippen LogP contribution in [-0.4, -0.2) is 23.9 Å². The van der Waals surface area contributed by atoms with E-state index in [-0.39, 0.29) is 11.3 Å². The quantitative estimate of drug-likeness (QED) is 0.906. The number of hydrogen-bond donors (Lipinski definition) is 1. The maximum Gasteiger partial charge on any atom is 0.230 e. The first kappa shape index (κ1) is 15.3. The second kappa shape index (κ2) is 6.59. The summed E-state index contributed by atoms with van der Waals surface area (Å²) in [6.45, 7) is 3.71. The summed E-state index contributed by atoms with van der Waals surface area (Å²) in [5, 5.41) is 0.715. The minimum Gasteiger partial charge on any atom is -0.338 e. The van der Waals surface area contributed by atoms with Crippen LogP contribution in [0.25, 0.3) is 0 Å². The van der Waals surface area contributed by atoms with Gasteiger partial charge in [0.05, 0.1) is 5.41 Å². The summed E-state index contributed by atoms with van der Waals surface area (Å²) in [6, 6.07) is 7.70. The fourth-order valence-electron chi connectivity index (χ4n) is 3.05. The van der Waals surface area contributed by atoms with Gasteiger partial charge in [0, 0.05) is 24.7 Å². The fourth-order valence-corrected chi connectivity index (χ4v) is 3.25. The number of carbonyl (C=O) groups is 1. The first-order valence-corrected chi connectivity index (χ1v) is 7.73. The second-order valence-electron chi connectivity index (χ2n) is 5.60. The van der Waals surface area contributed by atoms with Gasteiger partial charge in [0.25, 0.3) is 0 Å². The molecule has 110 valence electrons. The Bertz CT molecular complexity index is 469. The summed E-state index contributed by atoms with van der Waals surface area (Å²) >= 11 is 6.20. The van der Waals surface area contributed by atoms with E-state index in [9.17, 15) is 4.79 Å². The smallest absolute Gasteiger partial charge is 0.230 e. The van der Waals surface area contributed by atoms with E-state index < -0.39 is 0 Å². The van der Waals surface area contributed by atoms with Gasteiger partial charge in [-0.1, -0.05) is 42.6 Å². The molecule has 4 heteroatoms. The number of rotatable bonds is 5. The highest BCUT2D eigenvalue weighted by Gasteiger charge is 2.41. The molecule has 1 amide bonds. The maximum atomic E-state index is 12.8. The predicted molar refractivity (Wildman–Crippen MR) is 82.5 cm³/mol. The summed E-state index contributed by atoms with van der Waals surface area (Å²) in [5.74, 6) is 0.194. The van der Waals surface area contributed by atoms with Crippen LogP contribution in [0, 0.1) is 5.41 Å². The number of nitrogens with two attached hydrogens (primary N) is 1. The molecule has 1 saturated carbocycles. The van der Waals surface area contributed by atoms with Gasteiger partial charge in [-0.15, -0.1) is 0 Å². The molecule has 0 spiro atoms. The molecule has 0 saturated heterocycles. The van der Waals surface area contributed by atoms with Gasteiger partial charge in [0.15, 0.2) is 0 Å². The van der Waals surface area contributed by atoms with Crippen molar-refractivity contribution in [3.63, 3.8) is 0 Å². The lowest BCUT2D eigenvalue weighted by Gasteiger charge is -2.33. The zero-order valence-electron chi connectivity index (χ0n) is 12.1. The zero-order chi connectivity index (χ0) is 14.6. The Labute approximate surface area is 126 Å². The number of benzene rings is 1. The number of hydrogen-bond acceptors (Lipinski definition) is 2. The highest BCUT2D eigenvalue weighted by Crippen LogP contribution is 2.39. The highest BCUT2D eigenvalue weighted by atomic mass is 35.5. The van der Waals surface area contributed by atoms with E-state index >= 15 is 0 Å². The van der Waals surface area contributed by atoms with E-state index in [0.29, 0.717) is 24.7 Å². The largest absolute Gasteiger partial charge is 0.338 e. The van der Waals surface area contributed by atoms with Crippen LogP contribution in [0.1, 0.15) is 38.2 Å². The van der Waals surface area contributed by atoms with Crippen molar-refractivity contribution in [3.8, 4) is 0 Å². The molecule has 0 bridgehead atoms. The van der Waals surface area contributed by atoms with Gasteiger partial charge in [-0.05, 0) is 31.4 Å². The van der Waals surface area contributed by atoms with Gasteiger partial charge in [-0.2, -0.15) is 0 Å². The lowest BCUT2D eigenvalue weighted by atomic mass is 9.84. The van der Waals surface area contributed by atoms with Gasteiger partial charge in [-0.25, -0.2) is 0 Å². The lowest BCUT2D eigenvalue weighted by Crippen LogP contribution is -2.46. The predicted octanol–water partition coefficient (Wildman–Crippen LogP) is 3.21. The average Bonchev–Trinajstić information content (AvgIpc) is 2.96. The van der Waals surface area contributed by atoms with Crippen LogP contribution in [-0.2, 0) is 11.3 Å². The van der Waals surface area contributed by atoms with Gasteiger partial charge < -0.3 is 10.6 Å². The van der Waals surface area contributed by atoms with Crippen LogP contribution in [0.15, 0.2) is 24.3 Å². The third kappa shape index (κ3) is 2.99. The maximum absolute atomic E-state index is 12.8. The highest BCUT2D eigenvalue weighted by molar-refractivity contribution is 6.31. The van der Waals surface area contributed by atoms with E-state index in [4.69, 9.17) is 17.3 Å². The molecule has 1 aromatic carbocycles. The lowest BCUT2D eigenvalue weighted by molar-refractivity contribution is -0.141. The number of nitrogens with zero attached hydrogens (tertiary/aromatic N) is 1. The average molecular weight is 295 g/mol. The van der Waals surface area contributed by atoms with Crippen LogP contribution in [0.2, 0.25) is 5.02 Å². The Hall–Kier alpha value is -1.06. The number of halogens is 1. The summed E-state index contributed by atoms with van der Waals surface area (Å²) < 4.78 is 0. The molecule has 2 rings (SSSR count). The van der Waals surface area contributed by atoms with Crippen LogP contribution >= 0.6 is 11.6 Å². The Morgan fingerprint density at radius 1 is 1.35 bits per heavy atom. The van der Waals surface area contributed by atoms with Crippen molar-refractivity contribution in [1.29, 1.82) is 0 Å². The molecule has 0 aromatic heterocycles. The molecule has 2 N–H and O–H groups in total. The van der Waals surface area contributed by atoms with Crippen molar-refractivity contribution in [2.24, 2.45) is 11.1 Å². The van der Waals surface area contributed by atoms with Crippen molar-refractivity contribution < 1.29 is 4.79 Å². The van der Waals surface area contributed by atoms with E-state index in [1.165, 1.54) is 0 Å². The van der Waals surface area contributed by atoms with E-state index in [1.54, 1.807) is 0 Å². The first-order valence-electron chi connectivity index (χ1n) is 7.36. The molecule has 3 nitrogen and oxygen atoms in total. The summed E-state index contributed by atoms with van der Waals surface area (Å²) in [7, 11) is 0. The second-order valence-corrected chi connectivity index (χ2v) is 6.01. The number of amides is 1. The standard InChI is InChI=1S/C16H23ClN2O/c1-2-19(11-13-7-3-4-8-14(13)17)15(20)16(12-18)9-5-6-10-16/h3-4,7-8H,2,5-6,9-12,18H2,1H3. The van der Waals surface area contributed by atoms with Crippen molar-refractivity contribution in [3.05, 3.63) is 34.9 Å². The Kier molecular flexibility index (Phi) is 5.06. The molecule has 1 aromatic rings. The van der Waals surface area contributed by atoms with Crippen molar-refractivity contribution in [2.75, 3.05) is 13.1 Å². The van der Waals surface area contributed by atoms with Crippen molar-refractivity contribution in [2.45, 2.75) is 39.2 Å². The summed E-state index contributed by atoms with van der Waals surface area (Å²) in [5.41, 5.74) is 6.57. The van der Waals surface area contributed by atoms with Crippen LogP contribution < -0.4 is 5.73 Å². The van der Waals surface area contributed by atoms with Crippen LogP contribution in [0.4, 0.5) is 0 Å². The molecule has 0 unspecified atom stereocenters. The third-order valence-corrected chi connectivity index (χ3v) is 4.76. The molecule has 0 radical (unpaired) electrons. The van der Waals surface area contributed by atoms with Crippen LogP contribution in [0.5, 0.6) is 0 Å². The van der Waals surface area contributed by atoms with Gasteiger partial charge >= 0.3 is 0 Å². The van der Waals surface area contributed by atoms with Crippen LogP contribution in [0.3, 0.4) is 0 Å². The minimum absolute atomic E-state index is 0.194. The molecule has 0 heterocycles. The molecular weight excluding hydrogens is 272 g/mol. The van der Waals surface area contributed by atoms with E-state index in [1.807, 2.05) is 36.1 Å². The van der Waals surface area contributed by atoms with Crippen molar-refractivity contribution in [1.82, 2.24) is 4.90 Å².